The average Bonchev–Trinajstić information content (AvgIpc) is 2.77. The van der Waals surface area contributed by atoms with Crippen LogP contribution >= 0.6 is 46.1 Å². The van der Waals surface area contributed by atoms with E-state index in [1.807, 2.05) is 23.6 Å². The minimum Gasteiger partial charge on any atom is -0.271 e. The van der Waals surface area contributed by atoms with Crippen LogP contribution in [0.3, 0.4) is 0 Å². The first-order valence-electron chi connectivity index (χ1n) is 5.24. The Kier molecular flexibility index (Phi) is 4.90. The van der Waals surface area contributed by atoms with Gasteiger partial charge in [-0.2, -0.15) is 0 Å². The molecule has 3 N–H and O–H groups in total. The van der Waals surface area contributed by atoms with Crippen molar-refractivity contribution in [3.05, 3.63) is 55.2 Å². The van der Waals surface area contributed by atoms with Gasteiger partial charge in [0.25, 0.3) is 0 Å². The topological polar surface area (TPSA) is 38.0 Å². The van der Waals surface area contributed by atoms with Crippen molar-refractivity contribution < 1.29 is 0 Å². The van der Waals surface area contributed by atoms with Crippen LogP contribution in [-0.2, 0) is 6.42 Å². The Labute approximate surface area is 125 Å². The molecule has 1 aromatic carbocycles. The molecule has 0 spiro atoms. The van der Waals surface area contributed by atoms with Crippen molar-refractivity contribution in [1.82, 2.24) is 5.43 Å². The van der Waals surface area contributed by atoms with E-state index in [1.165, 1.54) is 0 Å². The number of hydrogen-bond acceptors (Lipinski definition) is 3. The highest BCUT2D eigenvalue weighted by molar-refractivity contribution is 7.10. The number of halogens is 3. The Morgan fingerprint density at radius 3 is 2.44 bits per heavy atom. The summed E-state index contributed by atoms with van der Waals surface area (Å²) in [6.07, 6.45) is 0.702. The molecule has 0 saturated carbocycles. The SMILES string of the molecule is NNC(Cc1ccc(Cl)c(Cl)c1)c1sccc1Cl. The van der Waals surface area contributed by atoms with E-state index in [9.17, 15) is 0 Å². The lowest BCUT2D eigenvalue weighted by Gasteiger charge is -2.15. The molecule has 1 atom stereocenters. The third kappa shape index (κ3) is 3.18. The van der Waals surface area contributed by atoms with Gasteiger partial charge in [0.1, 0.15) is 0 Å². The van der Waals surface area contributed by atoms with Crippen LogP contribution in [0.25, 0.3) is 0 Å². The summed E-state index contributed by atoms with van der Waals surface area (Å²) < 4.78 is 0. The van der Waals surface area contributed by atoms with Crippen LogP contribution in [0.4, 0.5) is 0 Å². The third-order valence-corrected chi connectivity index (χ3v) is 4.80. The number of rotatable bonds is 4. The summed E-state index contributed by atoms with van der Waals surface area (Å²) in [5, 5.41) is 3.76. The third-order valence-electron chi connectivity index (χ3n) is 2.59. The van der Waals surface area contributed by atoms with Crippen LogP contribution in [0.1, 0.15) is 16.5 Å². The molecule has 1 aromatic heterocycles. The van der Waals surface area contributed by atoms with Crippen molar-refractivity contribution in [3.63, 3.8) is 0 Å². The first kappa shape index (κ1) is 14.1. The molecule has 0 fully saturated rings. The molecule has 0 radical (unpaired) electrons. The lowest BCUT2D eigenvalue weighted by atomic mass is 10.1. The second-order valence-electron chi connectivity index (χ2n) is 3.80. The maximum absolute atomic E-state index is 6.10. The zero-order valence-corrected chi connectivity index (χ0v) is 12.4. The highest BCUT2D eigenvalue weighted by Gasteiger charge is 2.15. The van der Waals surface area contributed by atoms with E-state index >= 15 is 0 Å². The predicted octanol–water partition coefficient (Wildman–Crippen LogP) is 4.46. The molecule has 0 amide bonds. The summed E-state index contributed by atoms with van der Waals surface area (Å²) in [5.41, 5.74) is 3.83. The molecular formula is C12H11Cl3N2S. The van der Waals surface area contributed by atoms with Crippen LogP contribution in [0.15, 0.2) is 29.6 Å². The van der Waals surface area contributed by atoms with Crippen molar-refractivity contribution in [1.29, 1.82) is 0 Å². The predicted molar refractivity (Wildman–Crippen MR) is 79.6 cm³/mol. The van der Waals surface area contributed by atoms with Crippen molar-refractivity contribution in [2.24, 2.45) is 5.84 Å². The van der Waals surface area contributed by atoms with Crippen LogP contribution in [-0.4, -0.2) is 0 Å². The molecule has 18 heavy (non-hydrogen) atoms. The highest BCUT2D eigenvalue weighted by Crippen LogP contribution is 2.31. The second-order valence-corrected chi connectivity index (χ2v) is 5.97. The van der Waals surface area contributed by atoms with Crippen molar-refractivity contribution in [3.8, 4) is 0 Å². The summed E-state index contributed by atoms with van der Waals surface area (Å²) in [5.74, 6) is 5.59. The number of hydrogen-bond donors (Lipinski definition) is 2. The Bertz CT molecular complexity index is 542. The zero-order valence-electron chi connectivity index (χ0n) is 9.29. The molecule has 2 rings (SSSR count). The Morgan fingerprint density at radius 2 is 1.89 bits per heavy atom. The van der Waals surface area contributed by atoms with Gasteiger partial charge in [0, 0.05) is 4.88 Å². The number of nitrogens with one attached hydrogen (secondary N) is 1. The van der Waals surface area contributed by atoms with Crippen molar-refractivity contribution >= 4 is 46.1 Å². The Balaban J connectivity index is 2.20. The quantitative estimate of drug-likeness (QED) is 0.644. The molecule has 0 bridgehead atoms. The maximum atomic E-state index is 6.10. The molecule has 1 heterocycles. The van der Waals surface area contributed by atoms with Crippen LogP contribution in [0.2, 0.25) is 15.1 Å². The first-order valence-corrected chi connectivity index (χ1v) is 7.26. The lowest BCUT2D eigenvalue weighted by molar-refractivity contribution is 0.561. The second kappa shape index (κ2) is 6.24. The largest absolute Gasteiger partial charge is 0.271 e. The van der Waals surface area contributed by atoms with Gasteiger partial charge in [0.15, 0.2) is 0 Å². The van der Waals surface area contributed by atoms with Crippen molar-refractivity contribution in [2.75, 3.05) is 0 Å². The Hall–Kier alpha value is -0.290. The first-order chi connectivity index (χ1) is 8.61. The summed E-state index contributed by atoms with van der Waals surface area (Å²) >= 11 is 19.6. The molecule has 2 nitrogen and oxygen atoms in total. The van der Waals surface area contributed by atoms with Gasteiger partial charge in [-0.1, -0.05) is 40.9 Å². The highest BCUT2D eigenvalue weighted by atomic mass is 35.5. The number of hydrazine groups is 1. The molecular weight excluding hydrogens is 311 g/mol. The van der Waals surface area contributed by atoms with Gasteiger partial charge in [-0.25, -0.2) is 0 Å². The van der Waals surface area contributed by atoms with Gasteiger partial charge >= 0.3 is 0 Å². The van der Waals surface area contributed by atoms with Crippen LogP contribution in [0.5, 0.6) is 0 Å². The number of thiophene rings is 1. The normalized spacial score (nSPS) is 12.7. The van der Waals surface area contributed by atoms with Crippen molar-refractivity contribution in [2.45, 2.75) is 12.5 Å². The Morgan fingerprint density at radius 1 is 1.11 bits per heavy atom. The van der Waals surface area contributed by atoms with E-state index in [2.05, 4.69) is 5.43 Å². The molecule has 0 aliphatic carbocycles. The molecule has 6 heteroatoms. The fraction of sp³-hybridized carbons (Fsp3) is 0.167. The lowest BCUT2D eigenvalue weighted by Crippen LogP contribution is -2.29. The smallest absolute Gasteiger partial charge is 0.0608 e. The fourth-order valence-corrected chi connectivity index (χ4v) is 3.25. The zero-order chi connectivity index (χ0) is 13.1. The maximum Gasteiger partial charge on any atom is 0.0608 e. The summed E-state index contributed by atoms with van der Waals surface area (Å²) in [7, 11) is 0. The fourth-order valence-electron chi connectivity index (χ4n) is 1.68. The minimum absolute atomic E-state index is 0.0326. The average molecular weight is 322 g/mol. The van der Waals surface area contributed by atoms with E-state index in [1.54, 1.807) is 17.4 Å². The summed E-state index contributed by atoms with van der Waals surface area (Å²) in [6.45, 7) is 0. The van der Waals surface area contributed by atoms with Crippen LogP contribution in [0, 0.1) is 0 Å². The molecule has 96 valence electrons. The van der Waals surface area contributed by atoms with Gasteiger partial charge in [-0.3, -0.25) is 11.3 Å². The molecule has 2 aromatic rings. The van der Waals surface area contributed by atoms with Crippen LogP contribution < -0.4 is 11.3 Å². The van der Waals surface area contributed by atoms with Gasteiger partial charge in [-0.15, -0.1) is 11.3 Å². The molecule has 0 aliphatic heterocycles. The molecule has 1 unspecified atom stereocenters. The monoisotopic (exact) mass is 320 g/mol. The molecule has 0 saturated heterocycles. The van der Waals surface area contributed by atoms with Gasteiger partial charge in [0.05, 0.1) is 21.1 Å². The number of benzene rings is 1. The van der Waals surface area contributed by atoms with E-state index in [-0.39, 0.29) is 6.04 Å². The van der Waals surface area contributed by atoms with E-state index in [0.717, 1.165) is 15.5 Å². The number of nitrogens with two attached hydrogens (primary N) is 1. The van der Waals surface area contributed by atoms with E-state index in [4.69, 9.17) is 40.6 Å². The summed E-state index contributed by atoms with van der Waals surface area (Å²) in [6, 6.07) is 7.38. The van der Waals surface area contributed by atoms with Gasteiger partial charge in [0.2, 0.25) is 0 Å². The molecule has 0 aliphatic rings. The van der Waals surface area contributed by atoms with E-state index in [0.29, 0.717) is 16.5 Å². The minimum atomic E-state index is -0.0326. The standard InChI is InChI=1S/C12H11Cl3N2S/c13-8-2-1-7(5-10(8)15)6-11(17-16)12-9(14)3-4-18-12/h1-5,11,17H,6,16H2. The van der Waals surface area contributed by atoms with E-state index < -0.39 is 0 Å². The van der Waals surface area contributed by atoms with Gasteiger partial charge < -0.3 is 0 Å². The summed E-state index contributed by atoms with van der Waals surface area (Å²) in [4.78, 5) is 1.02. The van der Waals surface area contributed by atoms with Gasteiger partial charge in [-0.05, 0) is 35.6 Å².